The van der Waals surface area contributed by atoms with Crippen molar-refractivity contribution >= 4 is 23.2 Å². The van der Waals surface area contributed by atoms with Crippen molar-refractivity contribution in [3.8, 4) is 5.88 Å². The standard InChI is InChI=1S/C17H15Cl2N3O/c1-23-16-7-2-4-11(22-16)8-13(15-9-20-10-21-15)12-5-3-6-14(18)17(12)19/h2-7,9-10,13H,8H2,1H3,(H,20,21)/t13-/m1/s1. The zero-order valence-electron chi connectivity index (χ0n) is 12.5. The molecule has 1 aromatic carbocycles. The van der Waals surface area contributed by atoms with Crippen LogP contribution in [0.4, 0.5) is 0 Å². The number of aromatic nitrogens is 3. The van der Waals surface area contributed by atoms with E-state index < -0.39 is 0 Å². The number of nitrogens with zero attached hydrogens (tertiary/aromatic N) is 2. The van der Waals surface area contributed by atoms with E-state index in [1.165, 1.54) is 0 Å². The number of H-pyrrole nitrogens is 1. The molecule has 3 aromatic rings. The van der Waals surface area contributed by atoms with Crippen molar-refractivity contribution in [3.05, 3.63) is 75.9 Å². The molecule has 0 amide bonds. The van der Waals surface area contributed by atoms with Crippen LogP contribution in [-0.2, 0) is 6.42 Å². The summed E-state index contributed by atoms with van der Waals surface area (Å²) < 4.78 is 5.20. The smallest absolute Gasteiger partial charge is 0.213 e. The predicted molar refractivity (Wildman–Crippen MR) is 91.4 cm³/mol. The molecule has 0 saturated heterocycles. The Morgan fingerprint density at radius 1 is 1.17 bits per heavy atom. The number of nitrogens with one attached hydrogen (secondary N) is 1. The van der Waals surface area contributed by atoms with Crippen LogP contribution in [0.2, 0.25) is 10.0 Å². The molecule has 0 bridgehead atoms. The van der Waals surface area contributed by atoms with Gasteiger partial charge in [-0.15, -0.1) is 0 Å². The Morgan fingerprint density at radius 3 is 2.74 bits per heavy atom. The van der Waals surface area contributed by atoms with Crippen LogP contribution in [0, 0.1) is 0 Å². The Kier molecular flexibility index (Phi) is 4.84. The molecule has 6 heteroatoms. The minimum Gasteiger partial charge on any atom is -0.481 e. The van der Waals surface area contributed by atoms with Crippen molar-refractivity contribution in [1.29, 1.82) is 0 Å². The number of methoxy groups -OCH3 is 1. The highest BCUT2D eigenvalue weighted by Crippen LogP contribution is 2.35. The van der Waals surface area contributed by atoms with Gasteiger partial charge in [0.05, 0.1) is 23.5 Å². The van der Waals surface area contributed by atoms with Gasteiger partial charge in [-0.25, -0.2) is 9.97 Å². The number of ether oxygens (including phenoxy) is 1. The minimum absolute atomic E-state index is 0.0247. The first-order chi connectivity index (χ1) is 11.2. The third kappa shape index (κ3) is 3.49. The summed E-state index contributed by atoms with van der Waals surface area (Å²) in [5, 5.41) is 1.09. The summed E-state index contributed by atoms with van der Waals surface area (Å²) in [5.41, 5.74) is 2.80. The van der Waals surface area contributed by atoms with E-state index in [9.17, 15) is 0 Å². The SMILES string of the molecule is COc1cccc(C[C@@H](c2cnc[nH]2)c2cccc(Cl)c2Cl)n1. The number of hydrogen-bond acceptors (Lipinski definition) is 3. The van der Waals surface area contributed by atoms with Gasteiger partial charge in [0.1, 0.15) is 0 Å². The van der Waals surface area contributed by atoms with Gasteiger partial charge in [0, 0.05) is 36.0 Å². The summed E-state index contributed by atoms with van der Waals surface area (Å²) in [5.74, 6) is 0.561. The maximum Gasteiger partial charge on any atom is 0.213 e. The fourth-order valence-electron chi connectivity index (χ4n) is 2.53. The molecule has 0 aliphatic carbocycles. The largest absolute Gasteiger partial charge is 0.481 e. The lowest BCUT2D eigenvalue weighted by molar-refractivity contribution is 0.396. The monoisotopic (exact) mass is 347 g/mol. The molecule has 1 N–H and O–H groups in total. The van der Waals surface area contributed by atoms with Gasteiger partial charge in [0.2, 0.25) is 5.88 Å². The second-order valence-electron chi connectivity index (χ2n) is 5.08. The highest BCUT2D eigenvalue weighted by atomic mass is 35.5. The van der Waals surface area contributed by atoms with E-state index in [0.29, 0.717) is 22.3 Å². The first-order valence-corrected chi connectivity index (χ1v) is 7.86. The summed E-state index contributed by atoms with van der Waals surface area (Å²) >= 11 is 12.6. The van der Waals surface area contributed by atoms with Crippen LogP contribution in [0.1, 0.15) is 22.9 Å². The number of imidazole rings is 1. The quantitative estimate of drug-likeness (QED) is 0.739. The number of rotatable bonds is 5. The number of aromatic amines is 1. The molecule has 0 radical (unpaired) electrons. The second kappa shape index (κ2) is 7.02. The molecule has 2 aromatic heterocycles. The molecule has 0 saturated carbocycles. The van der Waals surface area contributed by atoms with Crippen molar-refractivity contribution in [2.75, 3.05) is 7.11 Å². The van der Waals surface area contributed by atoms with Gasteiger partial charge in [-0.05, 0) is 17.7 Å². The predicted octanol–water partition coefficient (Wildman–Crippen LogP) is 4.49. The fourth-order valence-corrected chi connectivity index (χ4v) is 2.97. The zero-order valence-corrected chi connectivity index (χ0v) is 14.0. The van der Waals surface area contributed by atoms with Crippen LogP contribution in [-0.4, -0.2) is 22.1 Å². The van der Waals surface area contributed by atoms with E-state index in [2.05, 4.69) is 15.0 Å². The molecule has 0 unspecified atom stereocenters. The number of halogens is 2. The second-order valence-corrected chi connectivity index (χ2v) is 5.86. The molecule has 0 aliphatic heterocycles. The number of pyridine rings is 1. The van der Waals surface area contributed by atoms with E-state index in [-0.39, 0.29) is 5.92 Å². The Morgan fingerprint density at radius 2 is 2.00 bits per heavy atom. The average molecular weight is 348 g/mol. The van der Waals surface area contributed by atoms with Gasteiger partial charge in [-0.1, -0.05) is 41.4 Å². The highest BCUT2D eigenvalue weighted by molar-refractivity contribution is 6.42. The van der Waals surface area contributed by atoms with Crippen LogP contribution >= 0.6 is 23.2 Å². The van der Waals surface area contributed by atoms with Gasteiger partial charge >= 0.3 is 0 Å². The summed E-state index contributed by atoms with van der Waals surface area (Å²) in [6.45, 7) is 0. The molecule has 118 valence electrons. The molecule has 1 atom stereocenters. The lowest BCUT2D eigenvalue weighted by Crippen LogP contribution is -2.08. The fraction of sp³-hybridized carbons (Fsp3) is 0.176. The van der Waals surface area contributed by atoms with Crippen molar-refractivity contribution in [3.63, 3.8) is 0 Å². The van der Waals surface area contributed by atoms with E-state index in [0.717, 1.165) is 17.0 Å². The minimum atomic E-state index is -0.0247. The van der Waals surface area contributed by atoms with Crippen LogP contribution in [0.3, 0.4) is 0 Å². The Hall–Kier alpha value is -2.04. The summed E-state index contributed by atoms with van der Waals surface area (Å²) in [7, 11) is 1.60. The maximum absolute atomic E-state index is 6.42. The Balaban J connectivity index is 2.01. The van der Waals surface area contributed by atoms with E-state index in [4.69, 9.17) is 27.9 Å². The molecular formula is C17H15Cl2N3O. The van der Waals surface area contributed by atoms with Crippen LogP contribution in [0.25, 0.3) is 0 Å². The number of hydrogen-bond donors (Lipinski definition) is 1. The lowest BCUT2D eigenvalue weighted by Gasteiger charge is -2.18. The molecular weight excluding hydrogens is 333 g/mol. The van der Waals surface area contributed by atoms with Crippen LogP contribution in [0.5, 0.6) is 5.88 Å². The Labute approximate surface area is 144 Å². The molecule has 0 spiro atoms. The average Bonchev–Trinajstić information content (AvgIpc) is 3.10. The summed E-state index contributed by atoms with van der Waals surface area (Å²) in [6, 6.07) is 11.4. The lowest BCUT2D eigenvalue weighted by atomic mass is 9.91. The van der Waals surface area contributed by atoms with Crippen molar-refractivity contribution < 1.29 is 4.74 Å². The van der Waals surface area contributed by atoms with E-state index in [1.807, 2.05) is 30.3 Å². The molecule has 0 aliphatic rings. The molecule has 3 rings (SSSR count). The normalized spacial score (nSPS) is 12.1. The highest BCUT2D eigenvalue weighted by Gasteiger charge is 2.21. The Bertz CT molecular complexity index is 790. The summed E-state index contributed by atoms with van der Waals surface area (Å²) in [4.78, 5) is 11.8. The van der Waals surface area contributed by atoms with Gasteiger partial charge < -0.3 is 9.72 Å². The van der Waals surface area contributed by atoms with Crippen molar-refractivity contribution in [2.24, 2.45) is 0 Å². The van der Waals surface area contributed by atoms with Crippen LogP contribution < -0.4 is 4.74 Å². The van der Waals surface area contributed by atoms with Crippen LogP contribution in [0.15, 0.2) is 48.9 Å². The van der Waals surface area contributed by atoms with Gasteiger partial charge in [-0.2, -0.15) is 0 Å². The molecule has 2 heterocycles. The van der Waals surface area contributed by atoms with E-state index >= 15 is 0 Å². The summed E-state index contributed by atoms with van der Waals surface area (Å²) in [6.07, 6.45) is 4.10. The number of benzene rings is 1. The van der Waals surface area contributed by atoms with Gasteiger partial charge in [0.15, 0.2) is 0 Å². The third-order valence-corrected chi connectivity index (χ3v) is 4.49. The van der Waals surface area contributed by atoms with Crippen molar-refractivity contribution in [1.82, 2.24) is 15.0 Å². The van der Waals surface area contributed by atoms with Gasteiger partial charge in [-0.3, -0.25) is 0 Å². The first-order valence-electron chi connectivity index (χ1n) is 7.11. The molecule has 4 nitrogen and oxygen atoms in total. The maximum atomic E-state index is 6.42. The molecule has 23 heavy (non-hydrogen) atoms. The van der Waals surface area contributed by atoms with E-state index in [1.54, 1.807) is 25.7 Å². The molecule has 0 fully saturated rings. The third-order valence-electron chi connectivity index (χ3n) is 3.66. The zero-order chi connectivity index (χ0) is 16.2. The first kappa shape index (κ1) is 15.8. The van der Waals surface area contributed by atoms with Crippen molar-refractivity contribution in [2.45, 2.75) is 12.3 Å². The topological polar surface area (TPSA) is 50.8 Å². The van der Waals surface area contributed by atoms with Gasteiger partial charge in [0.25, 0.3) is 0 Å².